The maximum absolute atomic E-state index is 14.3. The summed E-state index contributed by atoms with van der Waals surface area (Å²) in [6.45, 7) is 4.60. The van der Waals surface area contributed by atoms with E-state index in [2.05, 4.69) is 10.4 Å². The largest absolute Gasteiger partial charge is 0.457 e. The van der Waals surface area contributed by atoms with Crippen LogP contribution in [0.3, 0.4) is 0 Å². The number of anilines is 1. The summed E-state index contributed by atoms with van der Waals surface area (Å²) in [4.78, 5) is 12.6. The van der Waals surface area contributed by atoms with Gasteiger partial charge in [0.25, 0.3) is 5.91 Å². The minimum Gasteiger partial charge on any atom is -0.457 e. The first-order valence-corrected chi connectivity index (χ1v) is 9.49. The monoisotopic (exact) mass is 396 g/mol. The van der Waals surface area contributed by atoms with E-state index in [4.69, 9.17) is 10.5 Å². The van der Waals surface area contributed by atoms with E-state index in [1.165, 1.54) is 18.2 Å². The van der Waals surface area contributed by atoms with Crippen LogP contribution in [0.15, 0.2) is 48.5 Å². The van der Waals surface area contributed by atoms with E-state index in [-0.39, 0.29) is 11.5 Å². The second kappa shape index (κ2) is 8.87. The molecule has 7 heteroatoms. The van der Waals surface area contributed by atoms with Crippen molar-refractivity contribution in [2.24, 2.45) is 12.8 Å². The Kier molecular flexibility index (Phi) is 6.29. The van der Waals surface area contributed by atoms with Crippen LogP contribution in [0.1, 0.15) is 41.4 Å². The number of nitrogens with zero attached hydrogens (tertiary/aromatic N) is 2. The van der Waals surface area contributed by atoms with Crippen LogP contribution in [0.2, 0.25) is 0 Å². The van der Waals surface area contributed by atoms with Crippen LogP contribution in [-0.4, -0.2) is 22.2 Å². The third-order valence-corrected chi connectivity index (χ3v) is 4.51. The van der Waals surface area contributed by atoms with Gasteiger partial charge in [0.1, 0.15) is 23.1 Å². The number of hydrogen-bond acceptors (Lipinski definition) is 4. The van der Waals surface area contributed by atoms with Gasteiger partial charge in [0.05, 0.1) is 11.3 Å². The molecule has 6 nitrogen and oxygen atoms in total. The maximum Gasteiger partial charge on any atom is 0.259 e. The number of benzene rings is 2. The lowest BCUT2D eigenvalue weighted by atomic mass is 10.1. The van der Waals surface area contributed by atoms with Crippen molar-refractivity contribution in [3.05, 3.63) is 71.2 Å². The van der Waals surface area contributed by atoms with Crippen LogP contribution in [0, 0.1) is 5.82 Å². The lowest BCUT2D eigenvalue weighted by molar-refractivity contribution is 0.102. The number of ether oxygens (including phenoxy) is 1. The van der Waals surface area contributed by atoms with Gasteiger partial charge in [-0.1, -0.05) is 26.0 Å². The molecule has 1 heterocycles. The summed E-state index contributed by atoms with van der Waals surface area (Å²) < 4.78 is 21.6. The number of carbonyl (C=O) groups excluding carboxylic acids is 1. The second-order valence-corrected chi connectivity index (χ2v) is 7.11. The number of nitrogens with one attached hydrogen (secondary N) is 1. The van der Waals surface area contributed by atoms with Gasteiger partial charge in [0, 0.05) is 13.1 Å². The zero-order chi connectivity index (χ0) is 21.0. The summed E-state index contributed by atoms with van der Waals surface area (Å²) >= 11 is 0. The van der Waals surface area contributed by atoms with Gasteiger partial charge in [-0.25, -0.2) is 4.39 Å². The van der Waals surface area contributed by atoms with Crippen LogP contribution < -0.4 is 15.8 Å². The average molecular weight is 396 g/mol. The van der Waals surface area contributed by atoms with Crippen LogP contribution >= 0.6 is 0 Å². The van der Waals surface area contributed by atoms with Gasteiger partial charge in [0.2, 0.25) is 0 Å². The van der Waals surface area contributed by atoms with Crippen LogP contribution in [0.5, 0.6) is 11.5 Å². The molecule has 1 aromatic heterocycles. The molecule has 0 saturated heterocycles. The molecule has 0 unspecified atom stereocenters. The summed E-state index contributed by atoms with van der Waals surface area (Å²) in [6.07, 6.45) is 0.785. The highest BCUT2D eigenvalue weighted by Crippen LogP contribution is 2.25. The Morgan fingerprint density at radius 2 is 1.86 bits per heavy atom. The minimum atomic E-state index is -0.626. The van der Waals surface area contributed by atoms with Gasteiger partial charge >= 0.3 is 0 Å². The standard InChI is InChI=1S/C22H25FN4O2/c1-14(2)20-13-21(27(3)26-20)25-22(28)18-12-17(8-9-19(18)23)29-16-6-4-15(5-7-16)10-11-24/h4-9,12-14H,10-11,24H2,1-3H3,(H,25,28). The van der Waals surface area contributed by atoms with Crippen molar-refractivity contribution in [1.29, 1.82) is 0 Å². The molecule has 0 aliphatic carbocycles. The van der Waals surface area contributed by atoms with Crippen LogP contribution in [0.25, 0.3) is 0 Å². The number of halogens is 1. The van der Waals surface area contributed by atoms with Crippen molar-refractivity contribution < 1.29 is 13.9 Å². The predicted octanol–water partition coefficient (Wildman–Crippen LogP) is 4.23. The van der Waals surface area contributed by atoms with E-state index < -0.39 is 11.7 Å². The highest BCUT2D eigenvalue weighted by Gasteiger charge is 2.16. The van der Waals surface area contributed by atoms with Gasteiger partial charge in [-0.3, -0.25) is 9.48 Å². The summed E-state index contributed by atoms with van der Waals surface area (Å²) in [5.41, 5.74) is 7.40. The quantitative estimate of drug-likeness (QED) is 0.626. The number of nitrogens with two attached hydrogens (primary N) is 1. The number of rotatable bonds is 7. The fourth-order valence-electron chi connectivity index (χ4n) is 2.84. The van der Waals surface area contributed by atoms with E-state index in [1.807, 2.05) is 38.1 Å². The van der Waals surface area contributed by atoms with E-state index >= 15 is 0 Å². The molecule has 0 bridgehead atoms. The van der Waals surface area contributed by atoms with Crippen molar-refractivity contribution in [1.82, 2.24) is 9.78 Å². The van der Waals surface area contributed by atoms with Gasteiger partial charge in [-0.15, -0.1) is 0 Å². The average Bonchev–Trinajstić information content (AvgIpc) is 3.06. The number of aromatic nitrogens is 2. The molecular formula is C22H25FN4O2. The van der Waals surface area contributed by atoms with Crippen LogP contribution in [0.4, 0.5) is 10.2 Å². The molecule has 3 aromatic rings. The first-order valence-electron chi connectivity index (χ1n) is 9.49. The number of aryl methyl sites for hydroxylation is 1. The van der Waals surface area contributed by atoms with E-state index in [1.54, 1.807) is 17.8 Å². The van der Waals surface area contributed by atoms with Crippen LogP contribution in [-0.2, 0) is 13.5 Å². The highest BCUT2D eigenvalue weighted by atomic mass is 19.1. The molecule has 0 aliphatic rings. The number of carbonyl (C=O) groups is 1. The molecule has 0 fully saturated rings. The molecule has 152 valence electrons. The normalized spacial score (nSPS) is 11.0. The molecule has 3 N–H and O–H groups in total. The van der Waals surface area contributed by atoms with Crippen molar-refractivity contribution in [3.63, 3.8) is 0 Å². The Bertz CT molecular complexity index is 997. The summed E-state index contributed by atoms with van der Waals surface area (Å²) in [7, 11) is 1.73. The third-order valence-electron chi connectivity index (χ3n) is 4.51. The Morgan fingerprint density at radius 1 is 1.17 bits per heavy atom. The van der Waals surface area contributed by atoms with Crippen molar-refractivity contribution in [2.75, 3.05) is 11.9 Å². The molecule has 0 radical (unpaired) electrons. The van der Waals surface area contributed by atoms with E-state index in [0.717, 1.165) is 17.7 Å². The fourth-order valence-corrected chi connectivity index (χ4v) is 2.84. The lowest BCUT2D eigenvalue weighted by Crippen LogP contribution is -2.16. The zero-order valence-electron chi connectivity index (χ0n) is 16.8. The van der Waals surface area contributed by atoms with Crippen molar-refractivity contribution >= 4 is 11.7 Å². The Hall–Kier alpha value is -3.19. The number of hydrogen-bond donors (Lipinski definition) is 2. The molecule has 1 amide bonds. The topological polar surface area (TPSA) is 82.2 Å². The molecule has 0 atom stereocenters. The highest BCUT2D eigenvalue weighted by molar-refractivity contribution is 6.04. The maximum atomic E-state index is 14.3. The fraction of sp³-hybridized carbons (Fsp3) is 0.273. The third kappa shape index (κ3) is 5.00. The summed E-state index contributed by atoms with van der Waals surface area (Å²) in [5, 5.41) is 7.06. The van der Waals surface area contributed by atoms with E-state index in [0.29, 0.717) is 23.9 Å². The molecular weight excluding hydrogens is 371 g/mol. The van der Waals surface area contributed by atoms with Gasteiger partial charge in [-0.2, -0.15) is 5.10 Å². The molecule has 29 heavy (non-hydrogen) atoms. The smallest absolute Gasteiger partial charge is 0.259 e. The molecule has 0 spiro atoms. The van der Waals surface area contributed by atoms with Crippen molar-refractivity contribution in [3.8, 4) is 11.5 Å². The zero-order valence-corrected chi connectivity index (χ0v) is 16.8. The molecule has 0 aliphatic heterocycles. The molecule has 3 rings (SSSR count). The number of amides is 1. The summed E-state index contributed by atoms with van der Waals surface area (Å²) in [6, 6.07) is 13.4. The Balaban J connectivity index is 1.76. The lowest BCUT2D eigenvalue weighted by Gasteiger charge is -2.10. The van der Waals surface area contributed by atoms with Gasteiger partial charge < -0.3 is 15.8 Å². The second-order valence-electron chi connectivity index (χ2n) is 7.11. The predicted molar refractivity (Wildman–Crippen MR) is 111 cm³/mol. The van der Waals surface area contributed by atoms with Gasteiger partial charge in [-0.05, 0) is 54.8 Å². The van der Waals surface area contributed by atoms with Crippen molar-refractivity contribution in [2.45, 2.75) is 26.2 Å². The Labute approximate surface area is 169 Å². The SMILES string of the molecule is CC(C)c1cc(NC(=O)c2cc(Oc3ccc(CCN)cc3)ccc2F)n(C)n1. The minimum absolute atomic E-state index is 0.102. The molecule has 2 aromatic carbocycles. The van der Waals surface area contributed by atoms with E-state index in [9.17, 15) is 9.18 Å². The first-order chi connectivity index (χ1) is 13.9. The molecule has 0 saturated carbocycles. The first kappa shape index (κ1) is 20.5. The Morgan fingerprint density at radius 3 is 2.48 bits per heavy atom. The van der Waals surface area contributed by atoms with Gasteiger partial charge in [0.15, 0.2) is 0 Å². The summed E-state index contributed by atoms with van der Waals surface area (Å²) in [5.74, 6) is 0.494.